The predicted molar refractivity (Wildman–Crippen MR) is 55.9 cm³/mol. The molecular weight excluding hydrogens is 218 g/mol. The van der Waals surface area contributed by atoms with Crippen molar-refractivity contribution in [2.75, 3.05) is 19.3 Å². The Morgan fingerprint density at radius 3 is 2.60 bits per heavy atom. The van der Waals surface area contributed by atoms with Gasteiger partial charge >= 0.3 is 5.97 Å². The largest absolute Gasteiger partial charge is 0.480 e. The van der Waals surface area contributed by atoms with Crippen LogP contribution in [-0.4, -0.2) is 40.5 Å². The molecule has 0 saturated heterocycles. The SMILES string of the molecule is Cc1nc(N)sc1C(=O)N(C)CC(=O)O. The van der Waals surface area contributed by atoms with Crippen LogP contribution in [0.25, 0.3) is 0 Å². The van der Waals surface area contributed by atoms with Gasteiger partial charge in [0.2, 0.25) is 0 Å². The Hall–Kier alpha value is -1.63. The van der Waals surface area contributed by atoms with Gasteiger partial charge in [0.1, 0.15) is 11.4 Å². The highest BCUT2D eigenvalue weighted by Crippen LogP contribution is 2.20. The number of aromatic nitrogens is 1. The minimum atomic E-state index is -1.05. The summed E-state index contributed by atoms with van der Waals surface area (Å²) in [6, 6.07) is 0. The molecule has 1 aromatic rings. The van der Waals surface area contributed by atoms with E-state index in [1.807, 2.05) is 0 Å². The summed E-state index contributed by atoms with van der Waals surface area (Å²) < 4.78 is 0. The number of carboxylic acid groups (broad SMARTS) is 1. The zero-order valence-electron chi connectivity index (χ0n) is 8.35. The van der Waals surface area contributed by atoms with Crippen molar-refractivity contribution >= 4 is 28.3 Å². The second-order valence-corrected chi connectivity index (χ2v) is 4.05. The minimum absolute atomic E-state index is 0.305. The van der Waals surface area contributed by atoms with E-state index < -0.39 is 5.97 Å². The number of rotatable bonds is 3. The zero-order valence-corrected chi connectivity index (χ0v) is 9.17. The Morgan fingerprint density at radius 1 is 1.60 bits per heavy atom. The first kappa shape index (κ1) is 11.4. The van der Waals surface area contributed by atoms with E-state index in [0.29, 0.717) is 15.7 Å². The third-order valence-corrected chi connectivity index (χ3v) is 2.70. The van der Waals surface area contributed by atoms with Crippen LogP contribution in [0.5, 0.6) is 0 Å². The van der Waals surface area contributed by atoms with Crippen LogP contribution < -0.4 is 5.73 Å². The molecule has 82 valence electrons. The van der Waals surface area contributed by atoms with Crippen molar-refractivity contribution < 1.29 is 14.7 Å². The second kappa shape index (κ2) is 4.26. The number of anilines is 1. The van der Waals surface area contributed by atoms with Gasteiger partial charge < -0.3 is 15.7 Å². The number of nitrogen functional groups attached to an aromatic ring is 1. The zero-order chi connectivity index (χ0) is 11.6. The van der Waals surface area contributed by atoms with E-state index in [4.69, 9.17) is 10.8 Å². The lowest BCUT2D eigenvalue weighted by atomic mass is 10.3. The van der Waals surface area contributed by atoms with Crippen molar-refractivity contribution in [3.8, 4) is 0 Å². The van der Waals surface area contributed by atoms with E-state index in [1.165, 1.54) is 7.05 Å². The van der Waals surface area contributed by atoms with Gasteiger partial charge in [-0.3, -0.25) is 9.59 Å². The maximum absolute atomic E-state index is 11.7. The Bertz CT molecular complexity index is 402. The predicted octanol–water partition coefficient (Wildman–Crippen LogP) is 0.190. The van der Waals surface area contributed by atoms with Gasteiger partial charge in [-0.05, 0) is 6.92 Å². The summed E-state index contributed by atoms with van der Waals surface area (Å²) in [4.78, 5) is 27.5. The first-order chi connectivity index (χ1) is 6.91. The van der Waals surface area contributed by atoms with Gasteiger partial charge in [-0.1, -0.05) is 11.3 Å². The number of aliphatic carboxylic acids is 1. The number of thiazole rings is 1. The maximum Gasteiger partial charge on any atom is 0.323 e. The summed E-state index contributed by atoms with van der Waals surface area (Å²) >= 11 is 1.06. The lowest BCUT2D eigenvalue weighted by Gasteiger charge is -2.12. The van der Waals surface area contributed by atoms with E-state index in [2.05, 4.69) is 4.98 Å². The van der Waals surface area contributed by atoms with Crippen molar-refractivity contribution in [1.29, 1.82) is 0 Å². The van der Waals surface area contributed by atoms with Crippen LogP contribution in [0.1, 0.15) is 15.4 Å². The van der Waals surface area contributed by atoms with Gasteiger partial charge in [0.15, 0.2) is 5.13 Å². The third-order valence-electron chi connectivity index (χ3n) is 1.73. The molecule has 0 aromatic carbocycles. The molecule has 1 aromatic heterocycles. The summed E-state index contributed by atoms with van der Waals surface area (Å²) in [7, 11) is 1.42. The van der Waals surface area contributed by atoms with Crippen molar-refractivity contribution in [3.05, 3.63) is 10.6 Å². The van der Waals surface area contributed by atoms with E-state index in [1.54, 1.807) is 6.92 Å². The Labute approximate surface area is 90.3 Å². The van der Waals surface area contributed by atoms with Gasteiger partial charge in [0, 0.05) is 7.05 Å². The molecule has 6 nitrogen and oxygen atoms in total. The molecule has 0 aliphatic carbocycles. The van der Waals surface area contributed by atoms with Gasteiger partial charge in [0.05, 0.1) is 5.69 Å². The smallest absolute Gasteiger partial charge is 0.323 e. The average Bonchev–Trinajstić information content (AvgIpc) is 2.42. The number of aryl methyl sites for hydroxylation is 1. The lowest BCUT2D eigenvalue weighted by Crippen LogP contribution is -2.31. The number of amides is 1. The summed E-state index contributed by atoms with van der Waals surface area (Å²) in [5, 5.41) is 8.83. The highest BCUT2D eigenvalue weighted by atomic mass is 32.1. The van der Waals surface area contributed by atoms with Crippen LogP contribution in [0.4, 0.5) is 5.13 Å². The summed E-state index contributed by atoms with van der Waals surface area (Å²) in [6.45, 7) is 1.32. The normalized spacial score (nSPS) is 10.0. The molecule has 1 rings (SSSR count). The fraction of sp³-hybridized carbons (Fsp3) is 0.375. The van der Waals surface area contributed by atoms with Crippen molar-refractivity contribution in [2.24, 2.45) is 0 Å². The topological polar surface area (TPSA) is 96.5 Å². The molecule has 1 amide bonds. The molecule has 7 heteroatoms. The van der Waals surface area contributed by atoms with Crippen molar-refractivity contribution in [1.82, 2.24) is 9.88 Å². The molecule has 15 heavy (non-hydrogen) atoms. The molecule has 0 aliphatic rings. The maximum atomic E-state index is 11.7. The Kier molecular flexibility index (Phi) is 3.25. The van der Waals surface area contributed by atoms with Gasteiger partial charge in [0.25, 0.3) is 5.91 Å². The average molecular weight is 229 g/mol. The number of carboxylic acids is 1. The van der Waals surface area contributed by atoms with Crippen LogP contribution in [-0.2, 0) is 4.79 Å². The Morgan fingerprint density at radius 2 is 2.20 bits per heavy atom. The van der Waals surface area contributed by atoms with Gasteiger partial charge in [-0.25, -0.2) is 4.98 Å². The standard InChI is InChI=1S/C8H11N3O3S/c1-4-6(15-8(9)10-4)7(14)11(2)3-5(12)13/h3H2,1-2H3,(H2,9,10)(H,12,13). The number of carbonyl (C=O) groups is 2. The number of nitrogens with zero attached hydrogens (tertiary/aromatic N) is 2. The first-order valence-electron chi connectivity index (χ1n) is 4.12. The van der Waals surface area contributed by atoms with Crippen LogP contribution >= 0.6 is 11.3 Å². The third kappa shape index (κ3) is 2.66. The van der Waals surface area contributed by atoms with Crippen molar-refractivity contribution in [3.63, 3.8) is 0 Å². The monoisotopic (exact) mass is 229 g/mol. The van der Waals surface area contributed by atoms with E-state index in [0.717, 1.165) is 16.2 Å². The number of carbonyl (C=O) groups excluding carboxylic acids is 1. The van der Waals surface area contributed by atoms with E-state index in [-0.39, 0.29) is 12.5 Å². The molecule has 0 bridgehead atoms. The van der Waals surface area contributed by atoms with Crippen LogP contribution in [0.15, 0.2) is 0 Å². The fourth-order valence-electron chi connectivity index (χ4n) is 1.06. The first-order valence-corrected chi connectivity index (χ1v) is 4.93. The second-order valence-electron chi connectivity index (χ2n) is 3.02. The van der Waals surface area contributed by atoms with E-state index in [9.17, 15) is 9.59 Å². The van der Waals surface area contributed by atoms with Crippen LogP contribution in [0.3, 0.4) is 0 Å². The van der Waals surface area contributed by atoms with Crippen LogP contribution in [0.2, 0.25) is 0 Å². The fourth-order valence-corrected chi connectivity index (χ4v) is 1.89. The van der Waals surface area contributed by atoms with Gasteiger partial charge in [-0.15, -0.1) is 0 Å². The Balaban J connectivity index is 2.84. The number of nitrogens with two attached hydrogens (primary N) is 1. The quantitative estimate of drug-likeness (QED) is 0.771. The number of hydrogen-bond acceptors (Lipinski definition) is 5. The number of likely N-dealkylation sites (N-methyl/N-ethyl adjacent to an activating group) is 1. The highest BCUT2D eigenvalue weighted by molar-refractivity contribution is 7.17. The van der Waals surface area contributed by atoms with Crippen LogP contribution in [0, 0.1) is 6.92 Å². The highest BCUT2D eigenvalue weighted by Gasteiger charge is 2.19. The molecule has 0 atom stereocenters. The summed E-state index contributed by atoms with van der Waals surface area (Å²) in [5.41, 5.74) is 5.97. The summed E-state index contributed by atoms with van der Waals surface area (Å²) in [5.74, 6) is -1.43. The molecule has 0 fully saturated rings. The molecule has 0 spiro atoms. The van der Waals surface area contributed by atoms with Gasteiger partial charge in [-0.2, -0.15) is 0 Å². The molecule has 3 N–H and O–H groups in total. The molecule has 1 heterocycles. The molecule has 0 radical (unpaired) electrons. The molecule has 0 aliphatic heterocycles. The molecular formula is C8H11N3O3S. The van der Waals surface area contributed by atoms with E-state index >= 15 is 0 Å². The molecule has 0 unspecified atom stereocenters. The van der Waals surface area contributed by atoms with Crippen molar-refractivity contribution in [2.45, 2.75) is 6.92 Å². The minimum Gasteiger partial charge on any atom is -0.480 e. The lowest BCUT2D eigenvalue weighted by molar-refractivity contribution is -0.137. The molecule has 0 saturated carbocycles. The summed E-state index contributed by atoms with van der Waals surface area (Å²) in [6.07, 6.45) is 0. The number of hydrogen-bond donors (Lipinski definition) is 2.